The highest BCUT2D eigenvalue weighted by molar-refractivity contribution is 9.10. The van der Waals surface area contributed by atoms with E-state index in [2.05, 4.69) is 26.1 Å². The van der Waals surface area contributed by atoms with Crippen LogP contribution < -0.4 is 15.2 Å². The predicted octanol–water partition coefficient (Wildman–Crippen LogP) is 3.19. The fourth-order valence-electron chi connectivity index (χ4n) is 2.17. The zero-order chi connectivity index (χ0) is 17.8. The molecule has 0 aliphatic rings. The molecule has 0 atom stereocenters. The second-order valence-electron chi connectivity index (χ2n) is 5.00. The van der Waals surface area contributed by atoms with Gasteiger partial charge in [-0.05, 0) is 36.4 Å². The van der Waals surface area contributed by atoms with Crippen LogP contribution in [-0.4, -0.2) is 23.2 Å². The first-order chi connectivity index (χ1) is 12.1. The molecule has 0 radical (unpaired) electrons. The summed E-state index contributed by atoms with van der Waals surface area (Å²) >= 11 is 3.37. The Hall–Kier alpha value is -2.87. The highest BCUT2D eigenvalue weighted by atomic mass is 79.9. The van der Waals surface area contributed by atoms with Crippen LogP contribution in [0, 0.1) is 0 Å². The molecule has 3 aromatic rings. The molecule has 25 heavy (non-hydrogen) atoms. The van der Waals surface area contributed by atoms with Gasteiger partial charge in [-0.25, -0.2) is 0 Å². The molecule has 0 aliphatic heterocycles. The second kappa shape index (κ2) is 7.35. The Balaban J connectivity index is 1.79. The van der Waals surface area contributed by atoms with Crippen molar-refractivity contribution in [2.45, 2.75) is 6.61 Å². The minimum atomic E-state index is -0.616. The zero-order valence-corrected chi connectivity index (χ0v) is 14.8. The molecule has 1 amide bonds. The summed E-state index contributed by atoms with van der Waals surface area (Å²) in [5.41, 5.74) is 6.37. The Morgan fingerprint density at radius 3 is 2.64 bits per heavy atom. The molecule has 3 rings (SSSR count). The van der Waals surface area contributed by atoms with E-state index in [9.17, 15) is 4.79 Å². The van der Waals surface area contributed by atoms with E-state index in [0.29, 0.717) is 11.6 Å². The number of hydrogen-bond acceptors (Lipinski definition) is 6. The fraction of sp³-hybridized carbons (Fsp3) is 0.118. The number of hydrogen-bond donors (Lipinski definition) is 1. The molecule has 0 saturated heterocycles. The Morgan fingerprint density at radius 1 is 1.20 bits per heavy atom. The third kappa shape index (κ3) is 3.80. The molecular weight excluding hydrogens is 390 g/mol. The van der Waals surface area contributed by atoms with E-state index < -0.39 is 5.91 Å². The summed E-state index contributed by atoms with van der Waals surface area (Å²) in [4.78, 5) is 11.5. The first kappa shape index (κ1) is 17.0. The van der Waals surface area contributed by atoms with E-state index >= 15 is 0 Å². The molecule has 2 aromatic carbocycles. The zero-order valence-electron chi connectivity index (χ0n) is 13.2. The molecule has 128 valence electrons. The molecule has 0 saturated carbocycles. The highest BCUT2D eigenvalue weighted by Gasteiger charge is 2.16. The Morgan fingerprint density at radius 2 is 1.96 bits per heavy atom. The summed E-state index contributed by atoms with van der Waals surface area (Å²) < 4.78 is 17.4. The molecule has 8 heteroatoms. The van der Waals surface area contributed by atoms with Gasteiger partial charge in [0.25, 0.3) is 11.8 Å². The van der Waals surface area contributed by atoms with Gasteiger partial charge in [0, 0.05) is 10.0 Å². The smallest absolute Gasteiger partial charge is 0.254 e. The van der Waals surface area contributed by atoms with Crippen molar-refractivity contribution in [3.63, 3.8) is 0 Å². The molecule has 0 unspecified atom stereocenters. The van der Waals surface area contributed by atoms with Gasteiger partial charge in [-0.15, -0.1) is 10.2 Å². The molecule has 1 aromatic heterocycles. The number of amides is 1. The fourth-order valence-corrected chi connectivity index (χ4v) is 2.44. The molecule has 0 aliphatic carbocycles. The highest BCUT2D eigenvalue weighted by Crippen LogP contribution is 2.31. The standard InChI is InChI=1S/C17H14BrN3O4/c1-23-13-4-2-3-12(16(19)22)15(13)24-9-14-20-21-17(25-14)10-5-7-11(18)8-6-10/h2-8H,9H2,1H3,(H2,19,22). The van der Waals surface area contributed by atoms with Gasteiger partial charge < -0.3 is 19.6 Å². The number of rotatable bonds is 6. The van der Waals surface area contributed by atoms with Crippen LogP contribution in [0.2, 0.25) is 0 Å². The summed E-state index contributed by atoms with van der Waals surface area (Å²) in [5.74, 6) is 0.653. The van der Waals surface area contributed by atoms with E-state index in [1.54, 1.807) is 18.2 Å². The lowest BCUT2D eigenvalue weighted by Crippen LogP contribution is -2.13. The minimum absolute atomic E-state index is 0.0236. The molecule has 0 bridgehead atoms. The van der Waals surface area contributed by atoms with E-state index in [4.69, 9.17) is 19.6 Å². The van der Waals surface area contributed by atoms with Crippen LogP contribution in [-0.2, 0) is 6.61 Å². The maximum atomic E-state index is 11.5. The Labute approximate surface area is 151 Å². The lowest BCUT2D eigenvalue weighted by molar-refractivity contribution is 0.0994. The number of carbonyl (C=O) groups excluding carboxylic acids is 1. The molecule has 0 fully saturated rings. The van der Waals surface area contributed by atoms with Crippen LogP contribution >= 0.6 is 15.9 Å². The van der Waals surface area contributed by atoms with Crippen molar-refractivity contribution < 1.29 is 18.7 Å². The van der Waals surface area contributed by atoms with Crippen molar-refractivity contribution in [2.75, 3.05) is 7.11 Å². The van der Waals surface area contributed by atoms with Gasteiger partial charge in [0.15, 0.2) is 18.1 Å². The summed E-state index contributed by atoms with van der Waals surface area (Å²) in [7, 11) is 1.48. The third-order valence-electron chi connectivity index (χ3n) is 3.36. The van der Waals surface area contributed by atoms with Crippen LogP contribution in [0.4, 0.5) is 0 Å². The molecule has 2 N–H and O–H groups in total. The van der Waals surface area contributed by atoms with Crippen molar-refractivity contribution in [3.05, 3.63) is 58.4 Å². The maximum absolute atomic E-state index is 11.5. The SMILES string of the molecule is COc1cccc(C(N)=O)c1OCc1nnc(-c2ccc(Br)cc2)o1. The average Bonchev–Trinajstić information content (AvgIpc) is 3.09. The molecule has 1 heterocycles. The summed E-state index contributed by atoms with van der Waals surface area (Å²) in [6.45, 7) is -0.0236. The van der Waals surface area contributed by atoms with Crippen molar-refractivity contribution in [1.82, 2.24) is 10.2 Å². The van der Waals surface area contributed by atoms with Crippen LogP contribution in [0.5, 0.6) is 11.5 Å². The minimum Gasteiger partial charge on any atom is -0.493 e. The number of ether oxygens (including phenoxy) is 2. The first-order valence-corrected chi connectivity index (χ1v) is 8.05. The normalized spacial score (nSPS) is 10.5. The quantitative estimate of drug-likeness (QED) is 0.677. The number of halogens is 1. The van der Waals surface area contributed by atoms with Gasteiger partial charge in [0.1, 0.15) is 0 Å². The number of aromatic nitrogens is 2. The van der Waals surface area contributed by atoms with E-state index in [1.165, 1.54) is 7.11 Å². The number of primary amides is 1. The summed E-state index contributed by atoms with van der Waals surface area (Å²) in [5, 5.41) is 7.94. The van der Waals surface area contributed by atoms with Crippen LogP contribution in [0.15, 0.2) is 51.4 Å². The lowest BCUT2D eigenvalue weighted by Gasteiger charge is -2.12. The van der Waals surface area contributed by atoms with Gasteiger partial charge in [-0.2, -0.15) is 0 Å². The average molecular weight is 404 g/mol. The van der Waals surface area contributed by atoms with E-state index in [0.717, 1.165) is 10.0 Å². The lowest BCUT2D eigenvalue weighted by atomic mass is 10.2. The maximum Gasteiger partial charge on any atom is 0.254 e. The topological polar surface area (TPSA) is 100 Å². The van der Waals surface area contributed by atoms with Crippen molar-refractivity contribution in [3.8, 4) is 23.0 Å². The number of methoxy groups -OCH3 is 1. The monoisotopic (exact) mass is 403 g/mol. The van der Waals surface area contributed by atoms with Gasteiger partial charge in [0.2, 0.25) is 5.89 Å². The van der Waals surface area contributed by atoms with Crippen LogP contribution in [0.3, 0.4) is 0 Å². The Bertz CT molecular complexity index is 893. The number of para-hydroxylation sites is 1. The van der Waals surface area contributed by atoms with E-state index in [-0.39, 0.29) is 23.8 Å². The largest absolute Gasteiger partial charge is 0.493 e. The second-order valence-corrected chi connectivity index (χ2v) is 5.91. The van der Waals surface area contributed by atoms with Gasteiger partial charge in [-0.3, -0.25) is 4.79 Å². The predicted molar refractivity (Wildman–Crippen MR) is 93.3 cm³/mol. The van der Waals surface area contributed by atoms with Crippen molar-refractivity contribution in [2.24, 2.45) is 5.73 Å². The van der Waals surface area contributed by atoms with E-state index in [1.807, 2.05) is 24.3 Å². The summed E-state index contributed by atoms with van der Waals surface area (Å²) in [6.07, 6.45) is 0. The van der Waals surface area contributed by atoms with Gasteiger partial charge in [0.05, 0.1) is 12.7 Å². The number of nitrogens with zero attached hydrogens (tertiary/aromatic N) is 2. The first-order valence-electron chi connectivity index (χ1n) is 7.26. The molecule has 0 spiro atoms. The number of benzene rings is 2. The van der Waals surface area contributed by atoms with Crippen LogP contribution in [0.1, 0.15) is 16.2 Å². The van der Waals surface area contributed by atoms with Crippen molar-refractivity contribution in [1.29, 1.82) is 0 Å². The molecular formula is C17H14BrN3O4. The van der Waals surface area contributed by atoms with Gasteiger partial charge >= 0.3 is 0 Å². The van der Waals surface area contributed by atoms with Crippen molar-refractivity contribution >= 4 is 21.8 Å². The Kier molecular flexibility index (Phi) is 4.99. The number of carbonyl (C=O) groups is 1. The third-order valence-corrected chi connectivity index (χ3v) is 3.89. The van der Waals surface area contributed by atoms with Gasteiger partial charge in [-0.1, -0.05) is 22.0 Å². The van der Waals surface area contributed by atoms with Crippen LogP contribution in [0.25, 0.3) is 11.5 Å². The summed E-state index contributed by atoms with van der Waals surface area (Å²) in [6, 6.07) is 12.4. The number of nitrogens with two attached hydrogens (primary N) is 1. The molecule has 7 nitrogen and oxygen atoms in total.